The number of aromatic hydroxyl groups is 2. The quantitative estimate of drug-likeness (QED) is 0.408. The van der Waals surface area contributed by atoms with Gasteiger partial charge in [0.25, 0.3) is 0 Å². The molecule has 23 heavy (non-hydrogen) atoms. The van der Waals surface area contributed by atoms with E-state index in [4.69, 9.17) is 4.42 Å². The van der Waals surface area contributed by atoms with E-state index in [1.165, 1.54) is 0 Å². The highest BCUT2D eigenvalue weighted by molar-refractivity contribution is 6.18. The minimum absolute atomic E-state index is 0.234. The zero-order valence-electron chi connectivity index (χ0n) is 12.1. The Kier molecular flexibility index (Phi) is 2.24. The maximum atomic E-state index is 10.3. The summed E-state index contributed by atoms with van der Waals surface area (Å²) in [6.07, 6.45) is 0. The molecule has 5 rings (SSSR count). The normalized spacial score (nSPS) is 11.8. The third-order valence-corrected chi connectivity index (χ3v) is 4.40. The molecule has 0 saturated heterocycles. The minimum Gasteiger partial charge on any atom is -0.508 e. The van der Waals surface area contributed by atoms with Gasteiger partial charge in [0.05, 0.1) is 0 Å². The van der Waals surface area contributed by atoms with Gasteiger partial charge in [-0.25, -0.2) is 0 Å². The molecule has 0 radical (unpaired) electrons. The summed E-state index contributed by atoms with van der Waals surface area (Å²) < 4.78 is 6.09. The third kappa shape index (κ3) is 1.64. The number of hydrogen-bond donors (Lipinski definition) is 2. The highest BCUT2D eigenvalue weighted by Gasteiger charge is 2.14. The van der Waals surface area contributed by atoms with Crippen LogP contribution in [0.1, 0.15) is 0 Å². The van der Waals surface area contributed by atoms with Gasteiger partial charge in [-0.2, -0.15) is 0 Å². The predicted molar refractivity (Wildman–Crippen MR) is 92.1 cm³/mol. The van der Waals surface area contributed by atoms with E-state index >= 15 is 0 Å². The molecule has 110 valence electrons. The molecule has 1 aromatic heterocycles. The molecule has 3 heteroatoms. The molecule has 0 aliphatic carbocycles. The summed E-state index contributed by atoms with van der Waals surface area (Å²) in [4.78, 5) is 0. The van der Waals surface area contributed by atoms with Crippen LogP contribution in [0, 0.1) is 0 Å². The Hall–Kier alpha value is -3.20. The topological polar surface area (TPSA) is 53.6 Å². The van der Waals surface area contributed by atoms with Crippen LogP contribution in [0.2, 0.25) is 0 Å². The van der Waals surface area contributed by atoms with Crippen LogP contribution >= 0.6 is 0 Å². The van der Waals surface area contributed by atoms with Gasteiger partial charge < -0.3 is 14.6 Å². The predicted octanol–water partition coefficient (Wildman–Crippen LogP) is 5.30. The maximum Gasteiger partial charge on any atom is 0.143 e. The van der Waals surface area contributed by atoms with Crippen LogP contribution in [-0.4, -0.2) is 10.2 Å². The fourth-order valence-electron chi connectivity index (χ4n) is 3.31. The van der Waals surface area contributed by atoms with Crippen molar-refractivity contribution < 1.29 is 14.6 Å². The minimum atomic E-state index is 0.234. The average Bonchev–Trinajstić information content (AvgIpc) is 2.91. The van der Waals surface area contributed by atoms with E-state index in [-0.39, 0.29) is 11.5 Å². The summed E-state index contributed by atoms with van der Waals surface area (Å²) in [5.41, 5.74) is 1.54. The van der Waals surface area contributed by atoms with E-state index < -0.39 is 0 Å². The molecule has 5 aromatic rings. The highest BCUT2D eigenvalue weighted by atomic mass is 16.3. The second-order valence-electron chi connectivity index (χ2n) is 5.80. The molecule has 1 heterocycles. The lowest BCUT2D eigenvalue weighted by Gasteiger charge is -2.01. The van der Waals surface area contributed by atoms with Crippen LogP contribution in [0.3, 0.4) is 0 Å². The van der Waals surface area contributed by atoms with Crippen molar-refractivity contribution in [2.45, 2.75) is 0 Å². The van der Waals surface area contributed by atoms with Gasteiger partial charge in [0.15, 0.2) is 0 Å². The van der Waals surface area contributed by atoms with E-state index in [1.807, 2.05) is 42.5 Å². The molecular formula is C20H12O3. The summed E-state index contributed by atoms with van der Waals surface area (Å²) in [5, 5.41) is 25.4. The van der Waals surface area contributed by atoms with Gasteiger partial charge >= 0.3 is 0 Å². The monoisotopic (exact) mass is 300 g/mol. The molecule has 4 aromatic carbocycles. The zero-order chi connectivity index (χ0) is 15.6. The van der Waals surface area contributed by atoms with E-state index in [2.05, 4.69) is 0 Å². The van der Waals surface area contributed by atoms with Crippen molar-refractivity contribution in [1.82, 2.24) is 0 Å². The van der Waals surface area contributed by atoms with E-state index in [1.54, 1.807) is 18.2 Å². The van der Waals surface area contributed by atoms with E-state index in [0.717, 1.165) is 43.5 Å². The number of rotatable bonds is 0. The van der Waals surface area contributed by atoms with Crippen LogP contribution in [0.4, 0.5) is 0 Å². The molecule has 0 fully saturated rings. The second kappa shape index (κ2) is 4.17. The number of benzene rings is 4. The Morgan fingerprint density at radius 2 is 1.48 bits per heavy atom. The van der Waals surface area contributed by atoms with Gasteiger partial charge in [-0.1, -0.05) is 30.3 Å². The molecule has 0 amide bonds. The van der Waals surface area contributed by atoms with Gasteiger partial charge in [-0.05, 0) is 41.1 Å². The number of furan rings is 1. The van der Waals surface area contributed by atoms with Crippen molar-refractivity contribution >= 4 is 43.5 Å². The lowest BCUT2D eigenvalue weighted by Crippen LogP contribution is -1.76. The van der Waals surface area contributed by atoms with Crippen molar-refractivity contribution in [3.8, 4) is 11.5 Å². The van der Waals surface area contributed by atoms with Crippen LogP contribution in [0.25, 0.3) is 43.5 Å². The van der Waals surface area contributed by atoms with Crippen LogP contribution in [0.15, 0.2) is 65.1 Å². The fourth-order valence-corrected chi connectivity index (χ4v) is 3.31. The van der Waals surface area contributed by atoms with E-state index in [9.17, 15) is 10.2 Å². The molecule has 0 atom stereocenters. The van der Waals surface area contributed by atoms with Gasteiger partial charge in [0, 0.05) is 21.5 Å². The van der Waals surface area contributed by atoms with Gasteiger partial charge in [-0.15, -0.1) is 0 Å². The molecule has 0 spiro atoms. The first-order valence-electron chi connectivity index (χ1n) is 7.40. The van der Waals surface area contributed by atoms with Crippen LogP contribution < -0.4 is 0 Å². The van der Waals surface area contributed by atoms with Gasteiger partial charge in [0.2, 0.25) is 0 Å². The first-order valence-corrected chi connectivity index (χ1v) is 7.40. The van der Waals surface area contributed by atoms with Crippen LogP contribution in [0.5, 0.6) is 11.5 Å². The molecule has 0 aliphatic rings. The van der Waals surface area contributed by atoms with Crippen molar-refractivity contribution in [1.29, 1.82) is 0 Å². The molecule has 0 aliphatic heterocycles. The number of fused-ring (bicyclic) bond motifs is 6. The Bertz CT molecular complexity index is 1230. The summed E-state index contributed by atoms with van der Waals surface area (Å²) in [5.74, 6) is 0.477. The second-order valence-corrected chi connectivity index (χ2v) is 5.80. The molecule has 0 bridgehead atoms. The summed E-state index contributed by atoms with van der Waals surface area (Å²) in [7, 11) is 0. The van der Waals surface area contributed by atoms with Gasteiger partial charge in [-0.3, -0.25) is 0 Å². The van der Waals surface area contributed by atoms with E-state index in [0.29, 0.717) is 0 Å². The number of phenolic OH excluding ortho intramolecular Hbond substituents is 2. The summed E-state index contributed by atoms with van der Waals surface area (Å²) >= 11 is 0. The third-order valence-electron chi connectivity index (χ3n) is 4.40. The Balaban J connectivity index is 2.03. The molecule has 0 saturated carbocycles. The van der Waals surface area contributed by atoms with Crippen molar-refractivity contribution in [3.63, 3.8) is 0 Å². The Morgan fingerprint density at radius 3 is 2.35 bits per heavy atom. The fraction of sp³-hybridized carbons (Fsp3) is 0. The maximum absolute atomic E-state index is 10.3. The average molecular weight is 300 g/mol. The standard InChI is InChI=1S/C20H12O3/c21-13-6-5-11-9-19-16(8-12(11)7-13)17-10-18(22)14-3-1-2-4-15(14)20(17)23-19/h1-10,21-22H. The van der Waals surface area contributed by atoms with Crippen LogP contribution in [-0.2, 0) is 0 Å². The zero-order valence-corrected chi connectivity index (χ0v) is 12.1. The highest BCUT2D eigenvalue weighted by Crippen LogP contribution is 2.39. The van der Waals surface area contributed by atoms with Crippen molar-refractivity contribution in [2.75, 3.05) is 0 Å². The lowest BCUT2D eigenvalue weighted by atomic mass is 10.0. The molecule has 0 unspecified atom stereocenters. The number of phenols is 2. The smallest absolute Gasteiger partial charge is 0.143 e. The van der Waals surface area contributed by atoms with Crippen molar-refractivity contribution in [2.24, 2.45) is 0 Å². The Labute approximate surface area is 131 Å². The summed E-state index contributed by atoms with van der Waals surface area (Å²) in [6, 6.07) is 18.6. The number of hydrogen-bond acceptors (Lipinski definition) is 3. The SMILES string of the molecule is Oc1ccc2cc3oc4c5ccccc5c(O)cc4c3cc2c1. The molecular weight excluding hydrogens is 288 g/mol. The molecule has 3 nitrogen and oxygen atoms in total. The van der Waals surface area contributed by atoms with Crippen molar-refractivity contribution in [3.05, 3.63) is 60.7 Å². The molecule has 2 N–H and O–H groups in total. The largest absolute Gasteiger partial charge is 0.508 e. The first kappa shape index (κ1) is 12.4. The first-order chi connectivity index (χ1) is 11.2. The van der Waals surface area contributed by atoms with Gasteiger partial charge in [0.1, 0.15) is 22.7 Å². The summed E-state index contributed by atoms with van der Waals surface area (Å²) in [6.45, 7) is 0. The lowest BCUT2D eigenvalue weighted by molar-refractivity contribution is 0.476. The Morgan fingerprint density at radius 1 is 0.652 bits per heavy atom.